The van der Waals surface area contributed by atoms with Gasteiger partial charge in [0, 0.05) is 6.42 Å². The smallest absolute Gasteiger partial charge is 0.326 e. The molecule has 0 amide bonds. The summed E-state index contributed by atoms with van der Waals surface area (Å²) in [5, 5.41) is 0. The molecule has 58 valence electrons. The van der Waals surface area contributed by atoms with Crippen molar-refractivity contribution < 1.29 is 14.3 Å². The van der Waals surface area contributed by atoms with Crippen LogP contribution in [0.5, 0.6) is 0 Å². The van der Waals surface area contributed by atoms with Gasteiger partial charge in [-0.15, -0.1) is 0 Å². The van der Waals surface area contributed by atoms with Crippen molar-refractivity contribution in [3.8, 4) is 0 Å². The topological polar surface area (TPSA) is 43.4 Å². The fourth-order valence-corrected chi connectivity index (χ4v) is 0.393. The maximum atomic E-state index is 10.7. The van der Waals surface area contributed by atoms with Gasteiger partial charge in [0.2, 0.25) is 0 Å². The molecule has 0 fully saturated rings. The van der Waals surface area contributed by atoms with Crippen LogP contribution in [0, 0.1) is 0 Å². The van der Waals surface area contributed by atoms with E-state index in [0.717, 1.165) is 0 Å². The molecular formula is C6H9IO3. The van der Waals surface area contributed by atoms with Gasteiger partial charge >= 0.3 is 11.9 Å². The minimum atomic E-state index is -0.465. The van der Waals surface area contributed by atoms with Crippen molar-refractivity contribution in [2.24, 2.45) is 0 Å². The van der Waals surface area contributed by atoms with Gasteiger partial charge in [-0.25, -0.2) is 0 Å². The highest BCUT2D eigenvalue weighted by Gasteiger charge is 2.13. The Bertz CT molecular complexity index is 142. The Kier molecular flexibility index (Phi) is 4.59. The predicted molar refractivity (Wildman–Crippen MR) is 44.9 cm³/mol. The monoisotopic (exact) mass is 256 g/mol. The van der Waals surface area contributed by atoms with Crippen molar-refractivity contribution in [2.75, 3.05) is 0 Å². The maximum Gasteiger partial charge on any atom is 0.326 e. The zero-order chi connectivity index (χ0) is 8.15. The first-order chi connectivity index (χ1) is 4.57. The SMILES string of the molecule is CCC(=O)OC(=O)C(C)I. The van der Waals surface area contributed by atoms with Crippen molar-refractivity contribution in [1.29, 1.82) is 0 Å². The lowest BCUT2D eigenvalue weighted by Crippen LogP contribution is -2.17. The van der Waals surface area contributed by atoms with E-state index in [9.17, 15) is 9.59 Å². The average Bonchev–Trinajstić information content (AvgIpc) is 1.87. The summed E-state index contributed by atoms with van der Waals surface area (Å²) in [5.74, 6) is -0.930. The molecule has 1 unspecified atom stereocenters. The van der Waals surface area contributed by atoms with E-state index in [1.54, 1.807) is 13.8 Å². The molecule has 0 aliphatic carbocycles. The summed E-state index contributed by atoms with van der Waals surface area (Å²) < 4.78 is 4.12. The molecule has 0 N–H and O–H groups in total. The first-order valence-corrected chi connectivity index (χ1v) is 4.21. The zero-order valence-corrected chi connectivity index (χ0v) is 8.04. The summed E-state index contributed by atoms with van der Waals surface area (Å²) in [4.78, 5) is 21.1. The van der Waals surface area contributed by atoms with Gasteiger partial charge in [0.15, 0.2) is 0 Å². The normalized spacial score (nSPS) is 12.3. The van der Waals surface area contributed by atoms with Crippen LogP contribution in [-0.4, -0.2) is 15.9 Å². The molecule has 4 heteroatoms. The van der Waals surface area contributed by atoms with Crippen LogP contribution >= 0.6 is 22.6 Å². The molecule has 1 atom stereocenters. The second-order valence-electron chi connectivity index (χ2n) is 1.76. The third-order valence-electron chi connectivity index (χ3n) is 0.828. The van der Waals surface area contributed by atoms with Gasteiger partial charge in [-0.2, -0.15) is 0 Å². The lowest BCUT2D eigenvalue weighted by Gasteiger charge is -2.00. The molecule has 0 saturated heterocycles. The Labute approximate surface area is 73.3 Å². The number of hydrogen-bond donors (Lipinski definition) is 0. The molecule has 0 aromatic heterocycles. The largest absolute Gasteiger partial charge is 0.392 e. The van der Waals surface area contributed by atoms with Crippen LogP contribution in [0.15, 0.2) is 0 Å². The molecule has 0 rings (SSSR count). The van der Waals surface area contributed by atoms with Gasteiger partial charge in [-0.05, 0) is 6.92 Å². The number of esters is 2. The van der Waals surface area contributed by atoms with Crippen molar-refractivity contribution in [1.82, 2.24) is 0 Å². The van der Waals surface area contributed by atoms with E-state index >= 15 is 0 Å². The lowest BCUT2D eigenvalue weighted by atomic mass is 10.5. The summed E-state index contributed by atoms with van der Waals surface area (Å²) >= 11 is 1.89. The highest BCUT2D eigenvalue weighted by atomic mass is 127. The number of halogens is 1. The first-order valence-electron chi connectivity index (χ1n) is 2.96. The number of hydrogen-bond acceptors (Lipinski definition) is 3. The molecule has 0 aliphatic heterocycles. The highest BCUT2D eigenvalue weighted by molar-refractivity contribution is 14.1. The summed E-state index contributed by atoms with van der Waals surface area (Å²) in [6.45, 7) is 3.32. The van der Waals surface area contributed by atoms with Gasteiger partial charge in [0.05, 0.1) is 0 Å². The molecule has 10 heavy (non-hydrogen) atoms. The van der Waals surface area contributed by atoms with E-state index in [1.807, 2.05) is 22.6 Å². The molecule has 0 radical (unpaired) electrons. The molecule has 3 nitrogen and oxygen atoms in total. The van der Waals surface area contributed by atoms with Crippen LogP contribution in [0.25, 0.3) is 0 Å². The molecule has 0 aliphatic rings. The lowest BCUT2D eigenvalue weighted by molar-refractivity contribution is -0.158. The first kappa shape index (κ1) is 9.87. The molecule has 0 aromatic rings. The second kappa shape index (κ2) is 4.65. The van der Waals surface area contributed by atoms with Gasteiger partial charge in [-0.3, -0.25) is 9.59 Å². The fourth-order valence-electron chi connectivity index (χ4n) is 0.266. The summed E-state index contributed by atoms with van der Waals surface area (Å²) in [6, 6.07) is 0. The number of rotatable bonds is 2. The Morgan fingerprint density at radius 3 is 2.40 bits per heavy atom. The number of ether oxygens (including phenoxy) is 1. The number of carbonyl (C=O) groups excluding carboxylic acids is 2. The van der Waals surface area contributed by atoms with Crippen molar-refractivity contribution in [2.45, 2.75) is 24.2 Å². The van der Waals surface area contributed by atoms with Crippen molar-refractivity contribution in [3.05, 3.63) is 0 Å². The van der Waals surface area contributed by atoms with Crippen molar-refractivity contribution >= 4 is 34.5 Å². The van der Waals surface area contributed by atoms with E-state index < -0.39 is 11.9 Å². The standard InChI is InChI=1S/C6H9IO3/c1-3-5(8)10-6(9)4(2)7/h4H,3H2,1-2H3. The number of alkyl halides is 1. The van der Waals surface area contributed by atoms with E-state index in [0.29, 0.717) is 0 Å². The quantitative estimate of drug-likeness (QED) is 0.323. The third-order valence-corrected chi connectivity index (χ3v) is 1.34. The van der Waals surface area contributed by atoms with E-state index in [1.165, 1.54) is 0 Å². The minimum Gasteiger partial charge on any atom is -0.392 e. The Balaban J connectivity index is 3.69. The fraction of sp³-hybridized carbons (Fsp3) is 0.667. The highest BCUT2D eigenvalue weighted by Crippen LogP contribution is 2.01. The summed E-state index contributed by atoms with van der Waals surface area (Å²) in [7, 11) is 0. The van der Waals surface area contributed by atoms with Crippen LogP contribution < -0.4 is 0 Å². The molecule has 0 aromatic carbocycles. The van der Waals surface area contributed by atoms with Crippen LogP contribution in [0.1, 0.15) is 20.3 Å². The van der Waals surface area contributed by atoms with Gasteiger partial charge in [-0.1, -0.05) is 29.5 Å². The van der Waals surface area contributed by atoms with Crippen LogP contribution in [0.4, 0.5) is 0 Å². The van der Waals surface area contributed by atoms with E-state index in [4.69, 9.17) is 0 Å². The zero-order valence-electron chi connectivity index (χ0n) is 5.89. The van der Waals surface area contributed by atoms with Crippen LogP contribution in [-0.2, 0) is 14.3 Å². The van der Waals surface area contributed by atoms with E-state index in [-0.39, 0.29) is 10.3 Å². The Morgan fingerprint density at radius 2 is 2.10 bits per heavy atom. The third kappa shape index (κ3) is 3.81. The predicted octanol–water partition coefficient (Wildman–Crippen LogP) is 1.29. The van der Waals surface area contributed by atoms with Gasteiger partial charge < -0.3 is 4.74 Å². The van der Waals surface area contributed by atoms with Gasteiger partial charge in [0.1, 0.15) is 3.92 Å². The summed E-state index contributed by atoms with van der Waals surface area (Å²) in [6.07, 6.45) is 0.245. The van der Waals surface area contributed by atoms with Crippen molar-refractivity contribution in [3.63, 3.8) is 0 Å². The molecule has 0 bridgehead atoms. The molecular weight excluding hydrogens is 247 g/mol. The van der Waals surface area contributed by atoms with Crippen LogP contribution in [0.3, 0.4) is 0 Å². The van der Waals surface area contributed by atoms with Crippen LogP contribution in [0.2, 0.25) is 0 Å². The molecule has 0 spiro atoms. The van der Waals surface area contributed by atoms with E-state index in [2.05, 4.69) is 4.74 Å². The second-order valence-corrected chi connectivity index (χ2v) is 3.63. The minimum absolute atomic E-state index is 0.245. The molecule has 0 heterocycles. The number of carbonyl (C=O) groups is 2. The van der Waals surface area contributed by atoms with Gasteiger partial charge in [0.25, 0.3) is 0 Å². The molecule has 0 saturated carbocycles. The average molecular weight is 256 g/mol. The Morgan fingerprint density at radius 1 is 1.60 bits per heavy atom. The Hall–Kier alpha value is -0.130. The summed E-state index contributed by atoms with van der Waals surface area (Å²) in [5.41, 5.74) is 0. The maximum absolute atomic E-state index is 10.7.